The maximum atomic E-state index is 12.7. The summed E-state index contributed by atoms with van der Waals surface area (Å²) >= 11 is 0. The van der Waals surface area contributed by atoms with Gasteiger partial charge in [-0.2, -0.15) is 0 Å². The Morgan fingerprint density at radius 1 is 0.870 bits per heavy atom. The number of amides is 1. The molecule has 1 aliphatic heterocycles. The summed E-state index contributed by atoms with van der Waals surface area (Å²) in [5, 5.41) is 12.6. The number of carbonyl (C=O) groups excluding carboxylic acids is 1. The molecule has 6 rings (SSSR count). The van der Waals surface area contributed by atoms with Crippen LogP contribution in [0.4, 0.5) is 0 Å². The molecule has 0 unspecified atom stereocenters. The first-order valence-corrected chi connectivity index (χ1v) is 16.5. The maximum Gasteiger partial charge on any atom is 0.251 e. The number of ether oxygens (including phenoxy) is 2. The first-order valence-electron chi connectivity index (χ1n) is 16.5. The van der Waals surface area contributed by atoms with Gasteiger partial charge >= 0.3 is 0 Å². The Morgan fingerprint density at radius 2 is 1.57 bits per heavy atom. The summed E-state index contributed by atoms with van der Waals surface area (Å²) in [6.07, 6.45) is 7.14. The molecule has 4 aromatic carbocycles. The van der Waals surface area contributed by atoms with Crippen molar-refractivity contribution in [1.29, 1.82) is 0 Å². The molecular weight excluding hydrogens is 572 g/mol. The van der Waals surface area contributed by atoms with Crippen molar-refractivity contribution in [2.75, 3.05) is 13.1 Å². The van der Waals surface area contributed by atoms with Gasteiger partial charge in [0.25, 0.3) is 5.91 Å². The largest absolute Gasteiger partial charge is 0.392 e. The van der Waals surface area contributed by atoms with E-state index in [2.05, 4.69) is 65.3 Å². The molecule has 0 bridgehead atoms. The number of nitrogens with zero attached hydrogens (tertiary/aromatic N) is 1. The Bertz CT molecular complexity index is 1570. The lowest BCUT2D eigenvalue weighted by Gasteiger charge is -2.39. The van der Waals surface area contributed by atoms with Gasteiger partial charge in [0.1, 0.15) is 0 Å². The molecule has 1 saturated heterocycles. The van der Waals surface area contributed by atoms with Gasteiger partial charge in [0.05, 0.1) is 18.8 Å². The first-order chi connectivity index (χ1) is 22.6. The molecular formula is C40H44N2O4. The Kier molecular flexibility index (Phi) is 10.7. The molecule has 0 radical (unpaired) electrons. The van der Waals surface area contributed by atoms with Crippen LogP contribution in [0.25, 0.3) is 11.1 Å². The van der Waals surface area contributed by atoms with Crippen LogP contribution in [0.3, 0.4) is 0 Å². The van der Waals surface area contributed by atoms with Crippen LogP contribution in [0.1, 0.15) is 77.1 Å². The topological polar surface area (TPSA) is 71.0 Å². The molecule has 1 heterocycles. The third-order valence-corrected chi connectivity index (χ3v) is 9.24. The van der Waals surface area contributed by atoms with Crippen LogP contribution >= 0.6 is 0 Å². The fraction of sp³-hybridized carbons (Fsp3) is 0.325. The third-order valence-electron chi connectivity index (χ3n) is 9.24. The molecule has 0 aromatic heterocycles. The van der Waals surface area contributed by atoms with Crippen LogP contribution < -0.4 is 5.32 Å². The maximum absolute atomic E-state index is 12.7. The zero-order valence-corrected chi connectivity index (χ0v) is 26.4. The van der Waals surface area contributed by atoms with E-state index in [4.69, 9.17) is 9.47 Å². The molecule has 1 amide bonds. The van der Waals surface area contributed by atoms with Crippen molar-refractivity contribution in [3.63, 3.8) is 0 Å². The van der Waals surface area contributed by atoms with Crippen molar-refractivity contribution in [2.45, 2.75) is 69.8 Å². The van der Waals surface area contributed by atoms with E-state index in [0.717, 1.165) is 52.9 Å². The van der Waals surface area contributed by atoms with Gasteiger partial charge in [-0.1, -0.05) is 110 Å². The zero-order chi connectivity index (χ0) is 31.7. The van der Waals surface area contributed by atoms with E-state index in [9.17, 15) is 9.90 Å². The fourth-order valence-electron chi connectivity index (χ4n) is 6.75. The van der Waals surface area contributed by atoms with Gasteiger partial charge in [-0.3, -0.25) is 9.69 Å². The lowest BCUT2D eigenvalue weighted by atomic mass is 9.97. The third kappa shape index (κ3) is 7.83. The zero-order valence-electron chi connectivity index (χ0n) is 26.4. The van der Waals surface area contributed by atoms with Gasteiger partial charge in [0.15, 0.2) is 6.29 Å². The molecule has 46 heavy (non-hydrogen) atoms. The van der Waals surface area contributed by atoms with Gasteiger partial charge in [-0.05, 0) is 52.8 Å². The standard InChI is InChI=1S/C40H44N2O4/c1-2-24-42(35-13-7-8-14-35)27-36-25-38(31-18-16-29(28-43)17-19-31)46-40(45-36)33-22-20-30(21-23-33)37-15-9-6-12-34(37)26-41-39(44)32-10-4-3-5-11-32/h2-6,9-12,15-23,35-36,38,40,43H,1,7-8,13-14,24-28H2,(H,41,44)/t36-,38+,40+/m0/s1. The molecule has 238 valence electrons. The van der Waals surface area contributed by atoms with Crippen molar-refractivity contribution < 1.29 is 19.4 Å². The first kappa shape index (κ1) is 31.9. The predicted octanol–water partition coefficient (Wildman–Crippen LogP) is 7.75. The molecule has 2 fully saturated rings. The number of aliphatic hydroxyl groups is 1. The quantitative estimate of drug-likeness (QED) is 0.159. The van der Waals surface area contributed by atoms with Crippen molar-refractivity contribution in [3.8, 4) is 11.1 Å². The van der Waals surface area contributed by atoms with E-state index in [1.807, 2.05) is 60.7 Å². The lowest BCUT2D eigenvalue weighted by Crippen LogP contribution is -2.43. The summed E-state index contributed by atoms with van der Waals surface area (Å²) in [6, 6.07) is 34.5. The minimum absolute atomic E-state index is 0.00422. The second-order valence-corrected chi connectivity index (χ2v) is 12.4. The molecule has 6 nitrogen and oxygen atoms in total. The minimum Gasteiger partial charge on any atom is -0.392 e. The van der Waals surface area contributed by atoms with E-state index >= 15 is 0 Å². The molecule has 6 heteroatoms. The van der Waals surface area contributed by atoms with Crippen LogP contribution in [0.5, 0.6) is 0 Å². The normalized spacial score (nSPS) is 20.1. The molecule has 2 aliphatic rings. The van der Waals surface area contributed by atoms with E-state index in [0.29, 0.717) is 18.2 Å². The summed E-state index contributed by atoms with van der Waals surface area (Å²) < 4.78 is 13.3. The summed E-state index contributed by atoms with van der Waals surface area (Å²) in [6.45, 7) is 6.17. The van der Waals surface area contributed by atoms with Crippen LogP contribution in [-0.2, 0) is 22.6 Å². The van der Waals surface area contributed by atoms with Crippen LogP contribution in [0.2, 0.25) is 0 Å². The monoisotopic (exact) mass is 616 g/mol. The fourth-order valence-corrected chi connectivity index (χ4v) is 6.75. The lowest BCUT2D eigenvalue weighted by molar-refractivity contribution is -0.253. The highest BCUT2D eigenvalue weighted by Gasteiger charge is 2.34. The minimum atomic E-state index is -0.509. The number of aliphatic hydroxyl groups excluding tert-OH is 1. The van der Waals surface area contributed by atoms with Crippen molar-refractivity contribution in [1.82, 2.24) is 10.2 Å². The number of nitrogens with one attached hydrogen (secondary N) is 1. The average Bonchev–Trinajstić information content (AvgIpc) is 3.66. The Hall–Kier alpha value is -4.07. The highest BCUT2D eigenvalue weighted by Crippen LogP contribution is 2.39. The van der Waals surface area contributed by atoms with Gasteiger partial charge in [-0.25, -0.2) is 0 Å². The second kappa shape index (κ2) is 15.5. The van der Waals surface area contributed by atoms with E-state index < -0.39 is 6.29 Å². The number of hydrogen-bond donors (Lipinski definition) is 2. The highest BCUT2D eigenvalue weighted by molar-refractivity contribution is 5.94. The van der Waals surface area contributed by atoms with Crippen molar-refractivity contribution in [3.05, 3.63) is 144 Å². The Morgan fingerprint density at radius 3 is 2.28 bits per heavy atom. The van der Waals surface area contributed by atoms with Crippen LogP contribution in [-0.4, -0.2) is 41.1 Å². The predicted molar refractivity (Wildman–Crippen MR) is 182 cm³/mol. The van der Waals surface area contributed by atoms with E-state index in [1.54, 1.807) is 0 Å². The van der Waals surface area contributed by atoms with Gasteiger partial charge < -0.3 is 19.9 Å². The Labute approximate surface area is 272 Å². The van der Waals surface area contributed by atoms with Crippen molar-refractivity contribution in [2.24, 2.45) is 0 Å². The van der Waals surface area contributed by atoms with E-state index in [1.165, 1.54) is 25.7 Å². The summed E-state index contributed by atoms with van der Waals surface area (Å²) in [5.74, 6) is -0.0907. The smallest absolute Gasteiger partial charge is 0.251 e. The Balaban J connectivity index is 1.20. The van der Waals surface area contributed by atoms with E-state index in [-0.39, 0.29) is 24.7 Å². The molecule has 3 atom stereocenters. The van der Waals surface area contributed by atoms with Gasteiger partial charge in [0, 0.05) is 43.2 Å². The number of rotatable bonds is 12. The SMILES string of the molecule is C=CCN(C[C@@H]1C[C@H](c2ccc(CO)cc2)O[C@H](c2ccc(-c3ccccc3CNC(=O)c3ccccc3)cc2)O1)C1CCCC1. The van der Waals surface area contributed by atoms with Gasteiger partial charge in [0.2, 0.25) is 0 Å². The van der Waals surface area contributed by atoms with Crippen molar-refractivity contribution >= 4 is 5.91 Å². The average molecular weight is 617 g/mol. The summed E-state index contributed by atoms with van der Waals surface area (Å²) in [4.78, 5) is 15.2. The second-order valence-electron chi connectivity index (χ2n) is 12.4. The molecule has 4 aromatic rings. The number of carbonyl (C=O) groups is 1. The molecule has 2 N–H and O–H groups in total. The molecule has 0 spiro atoms. The van der Waals surface area contributed by atoms with Crippen LogP contribution in [0, 0.1) is 0 Å². The highest BCUT2D eigenvalue weighted by atomic mass is 16.7. The summed E-state index contributed by atoms with van der Waals surface area (Å²) in [5.41, 5.74) is 6.78. The molecule has 1 saturated carbocycles. The summed E-state index contributed by atoms with van der Waals surface area (Å²) in [7, 11) is 0. The number of benzene rings is 4. The number of hydrogen-bond acceptors (Lipinski definition) is 5. The van der Waals surface area contributed by atoms with Gasteiger partial charge in [-0.15, -0.1) is 6.58 Å². The van der Waals surface area contributed by atoms with Crippen LogP contribution in [0.15, 0.2) is 116 Å². The molecule has 1 aliphatic carbocycles.